The van der Waals surface area contributed by atoms with E-state index < -0.39 is 11.6 Å². The molecule has 0 spiro atoms. The number of nitrogens with one attached hydrogen (secondary N) is 1. The summed E-state index contributed by atoms with van der Waals surface area (Å²) in [6, 6.07) is 1.38. The van der Waals surface area contributed by atoms with Crippen molar-refractivity contribution in [3.63, 3.8) is 0 Å². The summed E-state index contributed by atoms with van der Waals surface area (Å²) in [6.45, 7) is 4.72. The van der Waals surface area contributed by atoms with Gasteiger partial charge in [0.1, 0.15) is 17.2 Å². The second-order valence-electron chi connectivity index (χ2n) is 10.6. The topological polar surface area (TPSA) is 90.0 Å². The molecule has 212 valence electrons. The first-order valence-corrected chi connectivity index (χ1v) is 14.3. The summed E-state index contributed by atoms with van der Waals surface area (Å²) < 4.78 is 39.2. The summed E-state index contributed by atoms with van der Waals surface area (Å²) in [5.41, 5.74) is 1.50. The first-order chi connectivity index (χ1) is 19.0. The van der Waals surface area contributed by atoms with Crippen molar-refractivity contribution in [2.45, 2.75) is 77.6 Å². The molecule has 0 radical (unpaired) electrons. The van der Waals surface area contributed by atoms with Crippen molar-refractivity contribution in [2.75, 3.05) is 26.4 Å². The molecule has 7 nitrogen and oxygen atoms in total. The summed E-state index contributed by atoms with van der Waals surface area (Å²) in [5, 5.41) is 0.564. The van der Waals surface area contributed by atoms with E-state index in [0.29, 0.717) is 72.3 Å². The molecule has 1 aliphatic rings. The second-order valence-corrected chi connectivity index (χ2v) is 10.6. The highest BCUT2D eigenvalue weighted by atomic mass is 19.1. The minimum Gasteiger partial charge on any atom is -0.379 e. The number of ketones is 1. The van der Waals surface area contributed by atoms with Gasteiger partial charge in [-0.05, 0) is 50.5 Å². The fraction of sp³-hybridized carbons (Fsp3) is 0.600. The number of pyridine rings is 1. The predicted molar refractivity (Wildman–Crippen MR) is 146 cm³/mol. The van der Waals surface area contributed by atoms with Gasteiger partial charge in [-0.1, -0.05) is 32.1 Å². The van der Waals surface area contributed by atoms with Crippen LogP contribution in [0.15, 0.2) is 24.7 Å². The average molecular weight is 543 g/mol. The molecule has 0 aromatic carbocycles. The SMILES string of the molecule is CCOCCOCCCCCCC(=O)C[C@@H]1CCC[C@H](Cc2nc(-c3c[nH]c4ncc(F)cc34)ncc2F)C1. The normalized spacial score (nSPS) is 17.6. The number of hydrogen-bond acceptors (Lipinski definition) is 6. The summed E-state index contributed by atoms with van der Waals surface area (Å²) in [4.78, 5) is 28.3. The Morgan fingerprint density at radius 2 is 1.85 bits per heavy atom. The Morgan fingerprint density at radius 1 is 1.03 bits per heavy atom. The van der Waals surface area contributed by atoms with Crippen molar-refractivity contribution in [1.29, 1.82) is 0 Å². The zero-order chi connectivity index (χ0) is 27.5. The van der Waals surface area contributed by atoms with Gasteiger partial charge in [-0.15, -0.1) is 0 Å². The lowest BCUT2D eigenvalue weighted by molar-refractivity contribution is -0.120. The molecule has 0 aliphatic heterocycles. The third kappa shape index (κ3) is 8.86. The van der Waals surface area contributed by atoms with E-state index in [0.717, 1.165) is 70.8 Å². The Labute approximate surface area is 229 Å². The second kappa shape index (κ2) is 15.1. The molecule has 0 unspecified atom stereocenters. The lowest BCUT2D eigenvalue weighted by Crippen LogP contribution is -2.21. The number of hydrogen-bond donors (Lipinski definition) is 1. The third-order valence-corrected chi connectivity index (χ3v) is 7.52. The van der Waals surface area contributed by atoms with E-state index in [2.05, 4.69) is 19.9 Å². The number of fused-ring (bicyclic) bond motifs is 1. The maximum absolute atomic E-state index is 14.7. The molecule has 9 heteroatoms. The van der Waals surface area contributed by atoms with Crippen molar-refractivity contribution < 1.29 is 23.0 Å². The average Bonchev–Trinajstić information content (AvgIpc) is 3.34. The van der Waals surface area contributed by atoms with E-state index in [1.165, 1.54) is 12.3 Å². The minimum atomic E-state index is -0.452. The van der Waals surface area contributed by atoms with Crippen molar-refractivity contribution in [2.24, 2.45) is 11.8 Å². The molecule has 1 N–H and O–H groups in total. The van der Waals surface area contributed by atoms with E-state index >= 15 is 0 Å². The van der Waals surface area contributed by atoms with Gasteiger partial charge in [-0.2, -0.15) is 0 Å². The van der Waals surface area contributed by atoms with E-state index in [4.69, 9.17) is 9.47 Å². The van der Waals surface area contributed by atoms with Gasteiger partial charge in [0.15, 0.2) is 11.6 Å². The van der Waals surface area contributed by atoms with Gasteiger partial charge in [0.25, 0.3) is 0 Å². The van der Waals surface area contributed by atoms with E-state index in [-0.39, 0.29) is 5.92 Å². The van der Waals surface area contributed by atoms with Crippen LogP contribution >= 0.6 is 0 Å². The number of Topliss-reactive ketones (excluding diaryl/α,β-unsaturated/α-hetero) is 1. The number of aromatic amines is 1. The van der Waals surface area contributed by atoms with Gasteiger partial charge in [-0.3, -0.25) is 4.79 Å². The number of carbonyl (C=O) groups excluding carboxylic acids is 1. The number of ether oxygens (including phenoxy) is 2. The molecule has 2 atom stereocenters. The number of aromatic nitrogens is 4. The third-order valence-electron chi connectivity index (χ3n) is 7.52. The van der Waals surface area contributed by atoms with Gasteiger partial charge in [0.05, 0.1) is 31.3 Å². The van der Waals surface area contributed by atoms with Crippen LogP contribution in [0.3, 0.4) is 0 Å². The van der Waals surface area contributed by atoms with Crippen LogP contribution in [0.5, 0.6) is 0 Å². The molecule has 3 aromatic heterocycles. The fourth-order valence-electron chi connectivity index (χ4n) is 5.55. The molecule has 0 bridgehead atoms. The fourth-order valence-corrected chi connectivity index (χ4v) is 5.55. The highest BCUT2D eigenvalue weighted by Crippen LogP contribution is 2.34. The van der Waals surface area contributed by atoms with E-state index in [1.807, 2.05) is 6.92 Å². The van der Waals surface area contributed by atoms with Gasteiger partial charge >= 0.3 is 0 Å². The standard InChI is InChI=1S/C30H40F2N4O3/c1-2-38-12-13-39-11-6-4-3-5-10-24(37)15-21-8-7-9-22(14-21)16-28-27(32)20-35-30(36-28)26-19-34-29-25(26)17-23(31)18-33-29/h17-22H,2-16H2,1H3,(H,33,34)/t21-,22+/m1/s1. The Morgan fingerprint density at radius 3 is 2.72 bits per heavy atom. The molecular formula is C30H40F2N4O3. The molecule has 39 heavy (non-hydrogen) atoms. The highest BCUT2D eigenvalue weighted by Gasteiger charge is 2.26. The Bertz CT molecular complexity index is 1200. The first-order valence-electron chi connectivity index (χ1n) is 14.3. The van der Waals surface area contributed by atoms with Gasteiger partial charge < -0.3 is 14.5 Å². The van der Waals surface area contributed by atoms with Gasteiger partial charge in [0, 0.05) is 43.2 Å². The lowest BCUT2D eigenvalue weighted by Gasteiger charge is -2.28. The van der Waals surface area contributed by atoms with Crippen molar-refractivity contribution in [1.82, 2.24) is 19.9 Å². The van der Waals surface area contributed by atoms with Crippen LogP contribution in [0.25, 0.3) is 22.4 Å². The maximum Gasteiger partial charge on any atom is 0.163 e. The summed E-state index contributed by atoms with van der Waals surface area (Å²) >= 11 is 0. The zero-order valence-electron chi connectivity index (χ0n) is 22.9. The predicted octanol–water partition coefficient (Wildman–Crippen LogP) is 6.61. The number of H-pyrrole nitrogens is 1. The van der Waals surface area contributed by atoms with Crippen LogP contribution in [-0.2, 0) is 20.7 Å². The molecule has 1 saturated carbocycles. The largest absolute Gasteiger partial charge is 0.379 e. The van der Waals surface area contributed by atoms with Crippen molar-refractivity contribution in [3.05, 3.63) is 42.0 Å². The van der Waals surface area contributed by atoms with Crippen LogP contribution in [0.2, 0.25) is 0 Å². The van der Waals surface area contributed by atoms with Crippen LogP contribution < -0.4 is 0 Å². The van der Waals surface area contributed by atoms with Crippen molar-refractivity contribution >= 4 is 16.8 Å². The lowest BCUT2D eigenvalue weighted by atomic mass is 9.77. The number of halogens is 2. The summed E-state index contributed by atoms with van der Waals surface area (Å²) in [5.74, 6) is 0.433. The molecule has 0 saturated heterocycles. The summed E-state index contributed by atoms with van der Waals surface area (Å²) in [7, 11) is 0. The van der Waals surface area contributed by atoms with Crippen LogP contribution in [-0.4, -0.2) is 52.1 Å². The Balaban J connectivity index is 1.21. The van der Waals surface area contributed by atoms with Crippen LogP contribution in [0, 0.1) is 23.5 Å². The smallest absolute Gasteiger partial charge is 0.163 e. The molecule has 3 aromatic rings. The Hall–Kier alpha value is -2.78. The number of nitrogens with zero attached hydrogens (tertiary/aromatic N) is 3. The quantitative estimate of drug-likeness (QED) is 0.205. The molecule has 1 aliphatic carbocycles. The van der Waals surface area contributed by atoms with Crippen molar-refractivity contribution in [3.8, 4) is 11.4 Å². The molecule has 1 fully saturated rings. The number of carbonyl (C=O) groups is 1. The highest BCUT2D eigenvalue weighted by molar-refractivity contribution is 5.91. The molecule has 0 amide bonds. The molecular weight excluding hydrogens is 502 g/mol. The Kier molecular flexibility index (Phi) is 11.3. The van der Waals surface area contributed by atoms with Crippen LogP contribution in [0.4, 0.5) is 8.78 Å². The molecule has 4 rings (SSSR count). The maximum atomic E-state index is 14.7. The summed E-state index contributed by atoms with van der Waals surface area (Å²) in [6.07, 6.45) is 13.8. The first kappa shape index (κ1) is 29.2. The number of rotatable bonds is 16. The van der Waals surface area contributed by atoms with E-state index in [1.54, 1.807) is 6.20 Å². The molecule has 3 heterocycles. The number of unbranched alkanes of at least 4 members (excludes halogenated alkanes) is 3. The van der Waals surface area contributed by atoms with Gasteiger partial charge in [0.2, 0.25) is 0 Å². The zero-order valence-corrected chi connectivity index (χ0v) is 22.9. The van der Waals surface area contributed by atoms with Crippen LogP contribution in [0.1, 0.15) is 76.8 Å². The minimum absolute atomic E-state index is 0.276. The van der Waals surface area contributed by atoms with E-state index in [9.17, 15) is 13.6 Å². The monoisotopic (exact) mass is 542 g/mol. The van der Waals surface area contributed by atoms with Gasteiger partial charge in [-0.25, -0.2) is 23.7 Å².